The van der Waals surface area contributed by atoms with Crippen LogP contribution in [-0.4, -0.2) is 58.9 Å². The van der Waals surface area contributed by atoms with Gasteiger partial charge in [0.05, 0.1) is 16.6 Å². The Morgan fingerprint density at radius 1 is 1.25 bits per heavy atom. The molecule has 0 unspecified atom stereocenters. The average molecular weight is 276 g/mol. The van der Waals surface area contributed by atoms with Gasteiger partial charge in [0, 0.05) is 26.2 Å². The quantitative estimate of drug-likeness (QED) is 0.801. The summed E-state index contributed by atoms with van der Waals surface area (Å²) < 4.78 is 1.55. The fraction of sp³-hybridized carbons (Fsp3) is 0.385. The third-order valence-corrected chi connectivity index (χ3v) is 3.69. The lowest BCUT2D eigenvalue weighted by Gasteiger charge is -2.34. The van der Waals surface area contributed by atoms with Gasteiger partial charge in [-0.3, -0.25) is 0 Å². The molecule has 1 saturated heterocycles. The minimum Gasteiger partial charge on any atom is -0.478 e. The van der Waals surface area contributed by atoms with E-state index in [4.69, 9.17) is 0 Å². The van der Waals surface area contributed by atoms with Gasteiger partial charge in [-0.25, -0.2) is 14.3 Å². The number of carboxylic acid groups (broad SMARTS) is 1. The van der Waals surface area contributed by atoms with Crippen molar-refractivity contribution in [1.82, 2.24) is 14.6 Å². The Kier molecular flexibility index (Phi) is 2.98. The molecule has 0 spiro atoms. The van der Waals surface area contributed by atoms with Crippen molar-refractivity contribution in [2.45, 2.75) is 0 Å². The van der Waals surface area contributed by atoms with Crippen LogP contribution in [0.3, 0.4) is 0 Å². The van der Waals surface area contributed by atoms with Gasteiger partial charge in [-0.1, -0.05) is 6.07 Å². The molecule has 0 atom stereocenters. The molecule has 2 N–H and O–H groups in total. The number of nitrogens with zero attached hydrogens (tertiary/aromatic N) is 3. The van der Waals surface area contributed by atoms with Crippen LogP contribution in [0, 0.1) is 0 Å². The molecule has 0 aliphatic carbocycles. The van der Waals surface area contributed by atoms with Gasteiger partial charge in [0.25, 0.3) is 0 Å². The van der Waals surface area contributed by atoms with Crippen molar-refractivity contribution in [3.63, 3.8) is 0 Å². The lowest BCUT2D eigenvalue weighted by Crippen LogP contribution is -2.52. The van der Waals surface area contributed by atoms with Gasteiger partial charge < -0.3 is 20.0 Å². The van der Waals surface area contributed by atoms with E-state index < -0.39 is 5.97 Å². The van der Waals surface area contributed by atoms with Crippen LogP contribution >= 0.6 is 0 Å². The molecule has 1 aromatic carbocycles. The number of aromatic carboxylic acids is 1. The fourth-order valence-corrected chi connectivity index (χ4v) is 2.57. The van der Waals surface area contributed by atoms with Gasteiger partial charge in [-0.2, -0.15) is 0 Å². The Morgan fingerprint density at radius 2 is 1.95 bits per heavy atom. The molecule has 1 fully saturated rings. The topological polar surface area (TPSA) is 81.6 Å². The summed E-state index contributed by atoms with van der Waals surface area (Å²) in [5.74, 6) is -1.04. The van der Waals surface area contributed by atoms with Gasteiger partial charge in [0.2, 0.25) is 0 Å². The summed E-state index contributed by atoms with van der Waals surface area (Å²) in [4.78, 5) is 28.2. The van der Waals surface area contributed by atoms with E-state index in [0.717, 1.165) is 26.2 Å². The van der Waals surface area contributed by atoms with Crippen LogP contribution in [0.2, 0.25) is 0 Å². The number of para-hydroxylation sites is 1. The highest BCUT2D eigenvalue weighted by Gasteiger charge is 2.20. The Bertz CT molecular complexity index is 710. The van der Waals surface area contributed by atoms with Crippen LogP contribution in [0.15, 0.2) is 23.0 Å². The second-order valence-electron chi connectivity index (χ2n) is 5.00. The molecule has 0 saturated carbocycles. The Labute approximate surface area is 115 Å². The van der Waals surface area contributed by atoms with Crippen LogP contribution in [0.5, 0.6) is 0 Å². The molecule has 7 nitrogen and oxygen atoms in total. The zero-order valence-corrected chi connectivity index (χ0v) is 11.2. The van der Waals surface area contributed by atoms with E-state index in [1.165, 1.54) is 6.07 Å². The highest BCUT2D eigenvalue weighted by atomic mass is 16.4. The third-order valence-electron chi connectivity index (χ3n) is 3.69. The van der Waals surface area contributed by atoms with Gasteiger partial charge >= 0.3 is 11.7 Å². The van der Waals surface area contributed by atoms with Crippen molar-refractivity contribution in [2.24, 2.45) is 0 Å². The lowest BCUT2D eigenvalue weighted by atomic mass is 10.2. The molecule has 1 aromatic heterocycles. The summed E-state index contributed by atoms with van der Waals surface area (Å²) in [7, 11) is 2.04. The lowest BCUT2D eigenvalue weighted by molar-refractivity contribution is 0.0699. The summed E-state index contributed by atoms with van der Waals surface area (Å²) in [6.45, 7) is 3.22. The average Bonchev–Trinajstić information content (AvgIpc) is 2.75. The van der Waals surface area contributed by atoms with Gasteiger partial charge in [-0.15, -0.1) is 0 Å². The number of carboxylic acids is 1. The molecule has 3 rings (SSSR count). The molecule has 1 aliphatic heterocycles. The SMILES string of the molecule is CN1CCN(n2c(=O)[nH]c3c(C(=O)O)cccc32)CC1. The molecule has 1 aliphatic rings. The first-order valence-corrected chi connectivity index (χ1v) is 6.49. The van der Waals surface area contributed by atoms with E-state index in [0.29, 0.717) is 11.0 Å². The molecular formula is C13H16N4O3. The number of H-pyrrole nitrogens is 1. The molecule has 0 bridgehead atoms. The highest BCUT2D eigenvalue weighted by Crippen LogP contribution is 2.16. The largest absolute Gasteiger partial charge is 0.478 e. The second-order valence-corrected chi connectivity index (χ2v) is 5.00. The first kappa shape index (κ1) is 12.7. The summed E-state index contributed by atoms with van der Waals surface area (Å²) in [5, 5.41) is 11.1. The number of nitrogens with one attached hydrogen (secondary N) is 1. The zero-order valence-electron chi connectivity index (χ0n) is 11.2. The number of rotatable bonds is 2. The first-order chi connectivity index (χ1) is 9.58. The number of benzene rings is 1. The van der Waals surface area contributed by atoms with Crippen molar-refractivity contribution in [3.05, 3.63) is 34.2 Å². The van der Waals surface area contributed by atoms with E-state index in [2.05, 4.69) is 9.88 Å². The molecule has 7 heteroatoms. The summed E-state index contributed by atoms with van der Waals surface area (Å²) in [6, 6.07) is 4.92. The second kappa shape index (κ2) is 4.68. The number of imidazole rings is 1. The van der Waals surface area contributed by atoms with Crippen molar-refractivity contribution < 1.29 is 9.90 Å². The van der Waals surface area contributed by atoms with Gasteiger partial charge in [-0.05, 0) is 19.2 Å². The molecular weight excluding hydrogens is 260 g/mol. The third kappa shape index (κ3) is 1.96. The number of likely N-dealkylation sites (N-methyl/N-ethyl adjacent to an activating group) is 1. The Morgan fingerprint density at radius 3 is 2.60 bits per heavy atom. The maximum absolute atomic E-state index is 12.2. The minimum atomic E-state index is -1.04. The summed E-state index contributed by atoms with van der Waals surface area (Å²) in [5.41, 5.74) is 0.814. The summed E-state index contributed by atoms with van der Waals surface area (Å²) >= 11 is 0. The molecule has 20 heavy (non-hydrogen) atoms. The Hall–Kier alpha value is -2.28. The van der Waals surface area contributed by atoms with Crippen LogP contribution < -0.4 is 10.7 Å². The van der Waals surface area contributed by atoms with Crippen molar-refractivity contribution in [2.75, 3.05) is 38.2 Å². The number of aromatic nitrogens is 2. The van der Waals surface area contributed by atoms with Crippen molar-refractivity contribution in [1.29, 1.82) is 0 Å². The number of piperazine rings is 1. The predicted octanol–water partition coefficient (Wildman–Crippen LogP) is -0.0888. The normalized spacial score (nSPS) is 16.8. The Balaban J connectivity index is 2.12. The molecule has 0 amide bonds. The van der Waals surface area contributed by atoms with Crippen molar-refractivity contribution >= 4 is 17.0 Å². The number of aromatic amines is 1. The van der Waals surface area contributed by atoms with E-state index in [1.807, 2.05) is 12.1 Å². The number of carbonyl (C=O) groups is 1. The monoisotopic (exact) mass is 276 g/mol. The van der Waals surface area contributed by atoms with E-state index >= 15 is 0 Å². The number of hydrogen-bond donors (Lipinski definition) is 2. The first-order valence-electron chi connectivity index (χ1n) is 6.49. The number of fused-ring (bicyclic) bond motifs is 1. The van der Waals surface area contributed by atoms with Gasteiger partial charge in [0.1, 0.15) is 0 Å². The van der Waals surface area contributed by atoms with Crippen molar-refractivity contribution in [3.8, 4) is 0 Å². The maximum Gasteiger partial charge on any atom is 0.345 e. The van der Waals surface area contributed by atoms with E-state index in [-0.39, 0.29) is 11.3 Å². The molecule has 0 radical (unpaired) electrons. The van der Waals surface area contributed by atoms with Gasteiger partial charge in [0.15, 0.2) is 0 Å². The van der Waals surface area contributed by atoms with Crippen LogP contribution in [0.1, 0.15) is 10.4 Å². The standard InChI is InChI=1S/C13H16N4O3/c1-15-5-7-16(8-6-15)17-10-4-2-3-9(12(18)19)11(10)14-13(17)20/h2-4H,5-8H2,1H3,(H,14,20)(H,18,19). The zero-order chi connectivity index (χ0) is 14.3. The van der Waals surface area contributed by atoms with Crippen LogP contribution in [0.25, 0.3) is 11.0 Å². The van der Waals surface area contributed by atoms with Crippen LogP contribution in [0.4, 0.5) is 0 Å². The number of hydrogen-bond acceptors (Lipinski definition) is 4. The predicted molar refractivity (Wildman–Crippen MR) is 75.0 cm³/mol. The fourth-order valence-electron chi connectivity index (χ4n) is 2.57. The smallest absolute Gasteiger partial charge is 0.345 e. The van der Waals surface area contributed by atoms with Crippen LogP contribution in [-0.2, 0) is 0 Å². The maximum atomic E-state index is 12.2. The highest BCUT2D eigenvalue weighted by molar-refractivity contribution is 6.00. The van der Waals surface area contributed by atoms with E-state index in [9.17, 15) is 14.7 Å². The van der Waals surface area contributed by atoms with E-state index in [1.54, 1.807) is 16.8 Å². The molecule has 2 heterocycles. The molecule has 2 aromatic rings. The minimum absolute atomic E-state index is 0.118. The summed E-state index contributed by atoms with van der Waals surface area (Å²) in [6.07, 6.45) is 0. The molecule has 106 valence electrons.